The molecule has 2 aliphatic carbocycles. The van der Waals surface area contributed by atoms with Crippen molar-refractivity contribution in [1.82, 2.24) is 5.32 Å². The van der Waals surface area contributed by atoms with Gasteiger partial charge in [-0.05, 0) is 62.1 Å². The first-order valence-corrected chi connectivity index (χ1v) is 7.30. The van der Waals surface area contributed by atoms with E-state index in [9.17, 15) is 4.79 Å². The van der Waals surface area contributed by atoms with E-state index in [1.165, 1.54) is 42.4 Å². The Morgan fingerprint density at radius 2 is 1.90 bits per heavy atom. The highest BCUT2D eigenvalue weighted by atomic mass is 35.5. The van der Waals surface area contributed by atoms with Gasteiger partial charge in [-0.15, -0.1) is 12.4 Å². The van der Waals surface area contributed by atoms with Crippen LogP contribution in [0.5, 0.6) is 0 Å². The van der Waals surface area contributed by atoms with Crippen molar-refractivity contribution in [3.8, 4) is 0 Å². The number of carbonyl (C=O) groups excluding carboxylic acids is 1. The van der Waals surface area contributed by atoms with Crippen LogP contribution in [-0.4, -0.2) is 11.4 Å². The Labute approximate surface area is 126 Å². The molecule has 0 bridgehead atoms. The average molecular weight is 295 g/mol. The monoisotopic (exact) mass is 294 g/mol. The van der Waals surface area contributed by atoms with Gasteiger partial charge in [0.05, 0.1) is 11.6 Å². The molecule has 1 fully saturated rings. The van der Waals surface area contributed by atoms with E-state index in [0.29, 0.717) is 0 Å². The maximum atomic E-state index is 12.0. The number of halogens is 1. The molecule has 1 saturated carbocycles. The van der Waals surface area contributed by atoms with Gasteiger partial charge >= 0.3 is 0 Å². The number of amides is 1. The van der Waals surface area contributed by atoms with Crippen LogP contribution in [0.3, 0.4) is 0 Å². The van der Waals surface area contributed by atoms with E-state index in [-0.39, 0.29) is 24.4 Å². The molecule has 3 N–H and O–H groups in total. The zero-order valence-corrected chi connectivity index (χ0v) is 12.8. The lowest BCUT2D eigenvalue weighted by Gasteiger charge is -2.21. The van der Waals surface area contributed by atoms with E-state index in [2.05, 4.69) is 23.5 Å². The number of aryl methyl sites for hydroxylation is 2. The van der Waals surface area contributed by atoms with E-state index in [4.69, 9.17) is 5.73 Å². The topological polar surface area (TPSA) is 55.1 Å². The second-order valence-corrected chi connectivity index (χ2v) is 6.09. The van der Waals surface area contributed by atoms with Crippen LogP contribution in [0.1, 0.15) is 55.3 Å². The first-order chi connectivity index (χ1) is 9.08. The normalized spacial score (nSPS) is 20.3. The summed E-state index contributed by atoms with van der Waals surface area (Å²) in [5, 5.41) is 3.04. The average Bonchev–Trinajstić information content (AvgIpc) is 3.17. The Kier molecular flexibility index (Phi) is 4.40. The van der Waals surface area contributed by atoms with E-state index < -0.39 is 5.54 Å². The lowest BCUT2D eigenvalue weighted by molar-refractivity contribution is -0.123. The summed E-state index contributed by atoms with van der Waals surface area (Å²) in [7, 11) is 0. The van der Waals surface area contributed by atoms with Gasteiger partial charge in [-0.3, -0.25) is 4.79 Å². The van der Waals surface area contributed by atoms with Gasteiger partial charge in [0.15, 0.2) is 0 Å². The molecule has 3 nitrogen and oxygen atoms in total. The van der Waals surface area contributed by atoms with Crippen molar-refractivity contribution in [2.75, 3.05) is 0 Å². The highest BCUT2D eigenvalue weighted by Gasteiger charge is 2.46. The molecule has 0 spiro atoms. The third-order valence-corrected chi connectivity index (χ3v) is 4.46. The first-order valence-electron chi connectivity index (χ1n) is 7.30. The second-order valence-electron chi connectivity index (χ2n) is 6.09. The highest BCUT2D eigenvalue weighted by molar-refractivity contribution is 5.89. The van der Waals surface area contributed by atoms with Crippen molar-refractivity contribution >= 4 is 18.3 Å². The molecule has 3 rings (SSSR count). The minimum absolute atomic E-state index is 0. The minimum atomic E-state index is -0.581. The smallest absolute Gasteiger partial charge is 0.240 e. The number of benzene rings is 1. The third kappa shape index (κ3) is 2.99. The summed E-state index contributed by atoms with van der Waals surface area (Å²) in [5.41, 5.74) is 9.46. The number of hydrogen-bond donors (Lipinski definition) is 2. The SMILES string of the molecule is CC(NC(=O)C1(N)CC1)c1ccc2c(c1)CCCC2.Cl. The molecule has 0 heterocycles. The zero-order chi connectivity index (χ0) is 13.5. The molecule has 0 aliphatic heterocycles. The number of carbonyl (C=O) groups is 1. The maximum absolute atomic E-state index is 12.0. The van der Waals surface area contributed by atoms with Crippen molar-refractivity contribution in [2.24, 2.45) is 5.73 Å². The van der Waals surface area contributed by atoms with Crippen molar-refractivity contribution in [3.63, 3.8) is 0 Å². The quantitative estimate of drug-likeness (QED) is 0.900. The van der Waals surface area contributed by atoms with Crippen LogP contribution >= 0.6 is 12.4 Å². The minimum Gasteiger partial charge on any atom is -0.348 e. The van der Waals surface area contributed by atoms with Gasteiger partial charge in [-0.25, -0.2) is 0 Å². The van der Waals surface area contributed by atoms with Gasteiger partial charge in [0.2, 0.25) is 5.91 Å². The van der Waals surface area contributed by atoms with Crippen molar-refractivity contribution in [2.45, 2.75) is 57.0 Å². The van der Waals surface area contributed by atoms with E-state index in [1.54, 1.807) is 0 Å². The maximum Gasteiger partial charge on any atom is 0.240 e. The van der Waals surface area contributed by atoms with Gasteiger partial charge in [-0.1, -0.05) is 18.2 Å². The number of fused-ring (bicyclic) bond motifs is 1. The molecule has 0 saturated heterocycles. The Bertz CT molecular complexity index is 511. The number of nitrogens with one attached hydrogen (secondary N) is 1. The van der Waals surface area contributed by atoms with Gasteiger partial charge < -0.3 is 11.1 Å². The molecule has 20 heavy (non-hydrogen) atoms. The second kappa shape index (κ2) is 5.74. The fourth-order valence-corrected chi connectivity index (χ4v) is 2.81. The van der Waals surface area contributed by atoms with Crippen LogP contribution in [0.4, 0.5) is 0 Å². The van der Waals surface area contributed by atoms with Crippen molar-refractivity contribution in [1.29, 1.82) is 0 Å². The van der Waals surface area contributed by atoms with E-state index in [1.807, 2.05) is 6.92 Å². The summed E-state index contributed by atoms with van der Waals surface area (Å²) in [6.07, 6.45) is 6.58. The van der Waals surface area contributed by atoms with Crippen LogP contribution in [0, 0.1) is 0 Å². The fraction of sp³-hybridized carbons (Fsp3) is 0.562. The predicted molar refractivity (Wildman–Crippen MR) is 83.0 cm³/mol. The van der Waals surface area contributed by atoms with E-state index in [0.717, 1.165) is 12.8 Å². The molecule has 1 aromatic carbocycles. The molecular weight excluding hydrogens is 272 g/mol. The van der Waals surface area contributed by atoms with Gasteiger partial charge in [0.25, 0.3) is 0 Å². The Morgan fingerprint density at radius 1 is 1.25 bits per heavy atom. The Balaban J connectivity index is 0.00000147. The van der Waals surface area contributed by atoms with Crippen LogP contribution in [0.25, 0.3) is 0 Å². The molecule has 2 aliphatic rings. The summed E-state index contributed by atoms with van der Waals surface area (Å²) < 4.78 is 0. The standard InChI is InChI=1S/C16H22N2O.ClH/c1-11(18-15(19)16(17)8-9-16)13-7-6-12-4-2-3-5-14(12)10-13;/h6-7,10-11H,2-5,8-9,17H2,1H3,(H,18,19);1H. The summed E-state index contributed by atoms with van der Waals surface area (Å²) in [4.78, 5) is 12.0. The molecule has 1 aromatic rings. The molecule has 4 heteroatoms. The third-order valence-electron chi connectivity index (χ3n) is 4.46. The largest absolute Gasteiger partial charge is 0.348 e. The van der Waals surface area contributed by atoms with Gasteiger partial charge in [0, 0.05) is 0 Å². The van der Waals surface area contributed by atoms with Crippen LogP contribution < -0.4 is 11.1 Å². The van der Waals surface area contributed by atoms with Gasteiger partial charge in [-0.2, -0.15) is 0 Å². The summed E-state index contributed by atoms with van der Waals surface area (Å²) >= 11 is 0. The molecule has 1 amide bonds. The summed E-state index contributed by atoms with van der Waals surface area (Å²) in [5.74, 6) is -0.00211. The Morgan fingerprint density at radius 3 is 2.55 bits per heavy atom. The molecule has 110 valence electrons. The number of rotatable bonds is 3. The number of nitrogens with two attached hydrogens (primary N) is 1. The summed E-state index contributed by atoms with van der Waals surface area (Å²) in [6, 6.07) is 6.67. The molecular formula is C16H23ClN2O. The fourth-order valence-electron chi connectivity index (χ4n) is 2.81. The Hall–Kier alpha value is -1.06. The zero-order valence-electron chi connectivity index (χ0n) is 11.9. The van der Waals surface area contributed by atoms with Crippen LogP contribution in [0.2, 0.25) is 0 Å². The van der Waals surface area contributed by atoms with Crippen LogP contribution in [-0.2, 0) is 17.6 Å². The summed E-state index contributed by atoms with van der Waals surface area (Å²) in [6.45, 7) is 2.04. The van der Waals surface area contributed by atoms with E-state index >= 15 is 0 Å². The highest BCUT2D eigenvalue weighted by Crippen LogP contribution is 2.33. The van der Waals surface area contributed by atoms with Gasteiger partial charge in [0.1, 0.15) is 0 Å². The first kappa shape index (κ1) is 15.3. The van der Waals surface area contributed by atoms with Crippen LogP contribution in [0.15, 0.2) is 18.2 Å². The molecule has 0 aromatic heterocycles. The molecule has 1 unspecified atom stereocenters. The molecule has 0 radical (unpaired) electrons. The van der Waals surface area contributed by atoms with Crippen molar-refractivity contribution in [3.05, 3.63) is 34.9 Å². The lowest BCUT2D eigenvalue weighted by atomic mass is 9.89. The number of hydrogen-bond acceptors (Lipinski definition) is 2. The predicted octanol–water partition coefficient (Wildman–Crippen LogP) is 2.66. The molecule has 1 atom stereocenters. The van der Waals surface area contributed by atoms with Crippen molar-refractivity contribution < 1.29 is 4.79 Å². The lowest BCUT2D eigenvalue weighted by Crippen LogP contribution is -2.43.